The molecule has 1 aromatic heterocycles. The van der Waals surface area contributed by atoms with Gasteiger partial charge in [-0.3, -0.25) is 9.36 Å². The first kappa shape index (κ1) is 30.4. The number of nitrogens with zero attached hydrogens (tertiary/aromatic N) is 2. The van der Waals surface area contributed by atoms with Crippen molar-refractivity contribution in [3.05, 3.63) is 125 Å². The number of carbonyl (C=O) groups excluding carboxylic acids is 1. The van der Waals surface area contributed by atoms with Crippen molar-refractivity contribution in [2.24, 2.45) is 4.99 Å². The molecule has 0 amide bonds. The SMILES string of the molecule is CCOC(=O)C1=C(C)N=c2s/c(=C/c3ccc(OCc4cccc(F)c4)c(Br)c3)c(=O)n2[C@@H]1c1ccccc1OC(C)C. The molecule has 5 rings (SSSR count). The van der Waals surface area contributed by atoms with Crippen LogP contribution in [0.5, 0.6) is 11.5 Å². The van der Waals surface area contributed by atoms with Crippen LogP contribution in [-0.4, -0.2) is 23.2 Å². The molecule has 1 aliphatic rings. The van der Waals surface area contributed by atoms with E-state index in [0.29, 0.717) is 47.7 Å². The molecular weight excluding hydrogens is 635 g/mol. The van der Waals surface area contributed by atoms with Gasteiger partial charge in [0.25, 0.3) is 5.56 Å². The fourth-order valence-corrected chi connectivity index (χ4v) is 6.37. The van der Waals surface area contributed by atoms with E-state index in [1.807, 2.05) is 50.2 Å². The van der Waals surface area contributed by atoms with E-state index in [-0.39, 0.29) is 30.7 Å². The summed E-state index contributed by atoms with van der Waals surface area (Å²) in [4.78, 5) is 32.4. The molecule has 3 aromatic carbocycles. The second kappa shape index (κ2) is 13.1. The standard InChI is InChI=1S/C33H30BrFN2O5S/c1-5-40-32(39)29-20(4)36-33-37(30(29)24-11-6-7-12-26(24)42-19(2)3)31(38)28(43-33)17-21-13-14-27(25(34)16-21)41-18-22-9-8-10-23(35)15-22/h6-17,19,30H,5,18H2,1-4H3/b28-17+/t30-/m1/s1. The number of hydrogen-bond acceptors (Lipinski definition) is 7. The fraction of sp³-hybridized carbons (Fsp3) is 0.242. The van der Waals surface area contributed by atoms with Crippen LogP contribution in [0.1, 0.15) is 50.4 Å². The molecule has 0 saturated carbocycles. The molecule has 7 nitrogen and oxygen atoms in total. The Hall–Kier alpha value is -4.02. The number of thiazole rings is 1. The third-order valence-electron chi connectivity index (χ3n) is 6.63. The fourth-order valence-electron chi connectivity index (χ4n) is 4.82. The number of ether oxygens (including phenoxy) is 3. The van der Waals surface area contributed by atoms with Crippen LogP contribution in [0.25, 0.3) is 6.08 Å². The number of aromatic nitrogens is 1. The maximum absolute atomic E-state index is 14.0. The van der Waals surface area contributed by atoms with Gasteiger partial charge in [0.1, 0.15) is 30.0 Å². The van der Waals surface area contributed by atoms with Gasteiger partial charge < -0.3 is 14.2 Å². The third kappa shape index (κ3) is 6.65. The molecule has 0 fully saturated rings. The van der Waals surface area contributed by atoms with Crippen LogP contribution in [0.2, 0.25) is 0 Å². The van der Waals surface area contributed by atoms with E-state index >= 15 is 0 Å². The van der Waals surface area contributed by atoms with E-state index in [2.05, 4.69) is 20.9 Å². The van der Waals surface area contributed by atoms with E-state index in [1.54, 1.807) is 42.7 Å². The van der Waals surface area contributed by atoms with Gasteiger partial charge in [0.05, 0.1) is 33.0 Å². The highest BCUT2D eigenvalue weighted by atomic mass is 79.9. The molecule has 0 bridgehead atoms. The quantitative estimate of drug-likeness (QED) is 0.203. The Morgan fingerprint density at radius 2 is 1.91 bits per heavy atom. The molecule has 222 valence electrons. The Morgan fingerprint density at radius 3 is 2.63 bits per heavy atom. The summed E-state index contributed by atoms with van der Waals surface area (Å²) in [6, 6.07) is 18.3. The van der Waals surface area contributed by atoms with Gasteiger partial charge in [0, 0.05) is 5.56 Å². The van der Waals surface area contributed by atoms with Crippen molar-refractivity contribution in [3.63, 3.8) is 0 Å². The highest BCUT2D eigenvalue weighted by Gasteiger charge is 2.35. The number of fused-ring (bicyclic) bond motifs is 1. The summed E-state index contributed by atoms with van der Waals surface area (Å²) >= 11 is 4.79. The van der Waals surface area contributed by atoms with E-state index in [1.165, 1.54) is 23.5 Å². The first-order valence-corrected chi connectivity index (χ1v) is 15.4. The molecule has 0 aliphatic carbocycles. The minimum atomic E-state index is -0.780. The number of hydrogen-bond donors (Lipinski definition) is 0. The van der Waals surface area contributed by atoms with Crippen molar-refractivity contribution >= 4 is 39.3 Å². The highest BCUT2D eigenvalue weighted by molar-refractivity contribution is 9.10. The Morgan fingerprint density at radius 1 is 1.12 bits per heavy atom. The monoisotopic (exact) mass is 664 g/mol. The minimum Gasteiger partial charge on any atom is -0.491 e. The van der Waals surface area contributed by atoms with Gasteiger partial charge in [-0.2, -0.15) is 0 Å². The zero-order valence-corrected chi connectivity index (χ0v) is 26.5. The summed E-state index contributed by atoms with van der Waals surface area (Å²) in [5.74, 6) is 0.311. The molecule has 0 N–H and O–H groups in total. The highest BCUT2D eigenvalue weighted by Crippen LogP contribution is 2.36. The van der Waals surface area contributed by atoms with Crippen LogP contribution >= 0.6 is 27.3 Å². The Labute approximate surface area is 260 Å². The lowest BCUT2D eigenvalue weighted by Gasteiger charge is -2.26. The summed E-state index contributed by atoms with van der Waals surface area (Å²) in [6.07, 6.45) is 1.66. The smallest absolute Gasteiger partial charge is 0.338 e. The molecule has 4 aromatic rings. The van der Waals surface area contributed by atoms with E-state index < -0.39 is 12.0 Å². The molecule has 1 aliphatic heterocycles. The van der Waals surface area contributed by atoms with Gasteiger partial charge in [-0.15, -0.1) is 0 Å². The number of esters is 1. The van der Waals surface area contributed by atoms with Gasteiger partial charge in [0.2, 0.25) is 0 Å². The second-order valence-electron chi connectivity index (χ2n) is 10.1. The van der Waals surface area contributed by atoms with Crippen LogP contribution in [0.4, 0.5) is 4.39 Å². The lowest BCUT2D eigenvalue weighted by atomic mass is 9.95. The number of para-hydroxylation sites is 1. The van der Waals surface area contributed by atoms with Crippen molar-refractivity contribution in [2.45, 2.75) is 46.4 Å². The van der Waals surface area contributed by atoms with Crippen LogP contribution in [0, 0.1) is 5.82 Å². The normalized spacial score (nSPS) is 14.9. The molecule has 0 spiro atoms. The van der Waals surface area contributed by atoms with Gasteiger partial charge >= 0.3 is 5.97 Å². The zero-order valence-electron chi connectivity index (χ0n) is 24.1. The number of carbonyl (C=O) groups is 1. The molecule has 0 radical (unpaired) electrons. The first-order valence-electron chi connectivity index (χ1n) is 13.8. The Balaban J connectivity index is 1.56. The average molecular weight is 666 g/mol. The average Bonchev–Trinajstić information content (AvgIpc) is 3.26. The van der Waals surface area contributed by atoms with Gasteiger partial charge in [-0.25, -0.2) is 14.2 Å². The van der Waals surface area contributed by atoms with E-state index in [4.69, 9.17) is 14.2 Å². The van der Waals surface area contributed by atoms with Crippen molar-refractivity contribution in [1.82, 2.24) is 4.57 Å². The Kier molecular flexibility index (Phi) is 9.27. The number of allylic oxidation sites excluding steroid dienone is 1. The van der Waals surface area contributed by atoms with Gasteiger partial charge in [-0.1, -0.05) is 47.7 Å². The molecular formula is C33H30BrFN2O5S. The van der Waals surface area contributed by atoms with Crippen LogP contribution in [0.15, 0.2) is 92.3 Å². The lowest BCUT2D eigenvalue weighted by Crippen LogP contribution is -2.40. The van der Waals surface area contributed by atoms with Crippen LogP contribution < -0.4 is 24.4 Å². The molecule has 10 heteroatoms. The molecule has 0 saturated heterocycles. The summed E-state index contributed by atoms with van der Waals surface area (Å²) < 4.78 is 33.6. The van der Waals surface area contributed by atoms with Gasteiger partial charge in [-0.05, 0) is 91.2 Å². The number of benzene rings is 3. The first-order chi connectivity index (χ1) is 20.7. The van der Waals surface area contributed by atoms with Crippen molar-refractivity contribution in [2.75, 3.05) is 6.61 Å². The van der Waals surface area contributed by atoms with Gasteiger partial charge in [0.15, 0.2) is 4.80 Å². The third-order valence-corrected chi connectivity index (χ3v) is 8.23. The largest absolute Gasteiger partial charge is 0.491 e. The predicted octanol–water partition coefficient (Wildman–Crippen LogP) is 6.07. The topological polar surface area (TPSA) is 79.1 Å². The molecule has 0 unspecified atom stereocenters. The zero-order chi connectivity index (χ0) is 30.7. The summed E-state index contributed by atoms with van der Waals surface area (Å²) in [6.45, 7) is 7.73. The lowest BCUT2D eigenvalue weighted by molar-refractivity contribution is -0.139. The molecule has 43 heavy (non-hydrogen) atoms. The van der Waals surface area contributed by atoms with E-state index in [0.717, 1.165) is 5.56 Å². The number of rotatable bonds is 9. The predicted molar refractivity (Wildman–Crippen MR) is 167 cm³/mol. The van der Waals surface area contributed by atoms with Crippen molar-refractivity contribution < 1.29 is 23.4 Å². The molecule has 1 atom stereocenters. The van der Waals surface area contributed by atoms with E-state index in [9.17, 15) is 14.0 Å². The summed E-state index contributed by atoms with van der Waals surface area (Å²) in [5.41, 5.74) is 2.64. The van der Waals surface area contributed by atoms with Crippen molar-refractivity contribution in [3.8, 4) is 11.5 Å². The molecule has 2 heterocycles. The van der Waals surface area contributed by atoms with Crippen LogP contribution in [-0.2, 0) is 16.1 Å². The van der Waals surface area contributed by atoms with Crippen LogP contribution in [0.3, 0.4) is 0 Å². The maximum Gasteiger partial charge on any atom is 0.338 e. The summed E-state index contributed by atoms with van der Waals surface area (Å²) in [5, 5.41) is 0. The number of halogens is 2. The summed E-state index contributed by atoms with van der Waals surface area (Å²) in [7, 11) is 0. The Bertz CT molecular complexity index is 1900. The maximum atomic E-state index is 14.0. The minimum absolute atomic E-state index is 0.118. The van der Waals surface area contributed by atoms with Crippen molar-refractivity contribution in [1.29, 1.82) is 0 Å². The second-order valence-corrected chi connectivity index (χ2v) is 12.0.